The predicted octanol–water partition coefficient (Wildman–Crippen LogP) is 0.787. The number of ether oxygens (including phenoxy) is 1. The first-order valence-corrected chi connectivity index (χ1v) is 5.00. The molecule has 0 spiro atoms. The van der Waals surface area contributed by atoms with Crippen molar-refractivity contribution in [3.8, 4) is 0 Å². The van der Waals surface area contributed by atoms with E-state index in [-0.39, 0.29) is 11.9 Å². The summed E-state index contributed by atoms with van der Waals surface area (Å²) in [6.45, 7) is 1.33. The Morgan fingerprint density at radius 1 is 1.53 bits per heavy atom. The molecule has 4 nitrogen and oxygen atoms in total. The Balaban J connectivity index is 2.01. The molecule has 3 N–H and O–H groups in total. The molecule has 1 heterocycles. The van der Waals surface area contributed by atoms with Gasteiger partial charge in [0.05, 0.1) is 12.6 Å². The highest BCUT2D eigenvalue weighted by molar-refractivity contribution is 5.95. The summed E-state index contributed by atoms with van der Waals surface area (Å²) in [5.41, 5.74) is 6.80. The molecule has 0 radical (unpaired) electrons. The molecule has 0 aromatic heterocycles. The summed E-state index contributed by atoms with van der Waals surface area (Å²) in [7, 11) is 0. The summed E-state index contributed by atoms with van der Waals surface area (Å²) in [5.74, 6) is -0.0854. The van der Waals surface area contributed by atoms with Gasteiger partial charge in [-0.1, -0.05) is 6.07 Å². The molecule has 0 aliphatic carbocycles. The Kier molecular flexibility index (Phi) is 2.87. The van der Waals surface area contributed by atoms with Gasteiger partial charge < -0.3 is 15.8 Å². The van der Waals surface area contributed by atoms with Gasteiger partial charge in [0.1, 0.15) is 0 Å². The van der Waals surface area contributed by atoms with Gasteiger partial charge in [-0.2, -0.15) is 0 Å². The highest BCUT2D eigenvalue weighted by atomic mass is 16.5. The van der Waals surface area contributed by atoms with E-state index < -0.39 is 0 Å². The van der Waals surface area contributed by atoms with Crippen molar-refractivity contribution in [1.29, 1.82) is 0 Å². The maximum absolute atomic E-state index is 11.7. The molecule has 0 bridgehead atoms. The molecular weight excluding hydrogens is 192 g/mol. The van der Waals surface area contributed by atoms with E-state index in [0.717, 1.165) is 13.0 Å². The zero-order valence-electron chi connectivity index (χ0n) is 8.40. The second kappa shape index (κ2) is 4.31. The molecular formula is C11H14N2O2. The van der Waals surface area contributed by atoms with Gasteiger partial charge in [-0.05, 0) is 24.6 Å². The minimum absolute atomic E-state index is 0.0854. The fraction of sp³-hybridized carbons (Fsp3) is 0.364. The summed E-state index contributed by atoms with van der Waals surface area (Å²) >= 11 is 0. The molecule has 1 aliphatic rings. The summed E-state index contributed by atoms with van der Waals surface area (Å²) in [4.78, 5) is 11.7. The third-order valence-electron chi connectivity index (χ3n) is 2.41. The summed E-state index contributed by atoms with van der Waals surface area (Å²) < 4.78 is 5.18. The molecule has 1 aromatic rings. The lowest BCUT2D eigenvalue weighted by molar-refractivity contribution is 0.0930. The van der Waals surface area contributed by atoms with E-state index >= 15 is 0 Å². The fourth-order valence-electron chi connectivity index (χ4n) is 1.60. The van der Waals surface area contributed by atoms with Crippen molar-refractivity contribution in [2.24, 2.45) is 0 Å². The monoisotopic (exact) mass is 206 g/mol. The van der Waals surface area contributed by atoms with Crippen LogP contribution in [-0.2, 0) is 4.74 Å². The highest BCUT2D eigenvalue weighted by Gasteiger charge is 2.18. The molecule has 0 unspecified atom stereocenters. The lowest BCUT2D eigenvalue weighted by atomic mass is 10.1. The van der Waals surface area contributed by atoms with Gasteiger partial charge >= 0.3 is 0 Å². The first kappa shape index (κ1) is 9.98. The zero-order chi connectivity index (χ0) is 10.7. The van der Waals surface area contributed by atoms with E-state index in [2.05, 4.69) is 5.32 Å². The van der Waals surface area contributed by atoms with E-state index in [1.165, 1.54) is 0 Å². The zero-order valence-corrected chi connectivity index (χ0v) is 8.40. The Bertz CT molecular complexity index is 359. The molecule has 1 aliphatic heterocycles. The van der Waals surface area contributed by atoms with Gasteiger partial charge in [-0.25, -0.2) is 0 Å². The number of hydrogen-bond donors (Lipinski definition) is 2. The minimum atomic E-state index is -0.0854. The van der Waals surface area contributed by atoms with Crippen LogP contribution < -0.4 is 11.1 Å². The average molecular weight is 206 g/mol. The van der Waals surface area contributed by atoms with Gasteiger partial charge in [0, 0.05) is 17.9 Å². The number of hydrogen-bond acceptors (Lipinski definition) is 3. The van der Waals surface area contributed by atoms with Gasteiger partial charge in [0.15, 0.2) is 0 Å². The topological polar surface area (TPSA) is 64.4 Å². The SMILES string of the molecule is Nc1cccc(C(=O)N[C@@H]2CCOC2)c1. The van der Waals surface area contributed by atoms with Crippen molar-refractivity contribution in [2.75, 3.05) is 18.9 Å². The summed E-state index contributed by atoms with van der Waals surface area (Å²) in [5, 5.41) is 2.90. The summed E-state index contributed by atoms with van der Waals surface area (Å²) in [6.07, 6.45) is 0.883. The first-order chi connectivity index (χ1) is 7.25. The lowest BCUT2D eigenvalue weighted by Gasteiger charge is -2.10. The molecule has 0 saturated carbocycles. The molecule has 4 heteroatoms. The highest BCUT2D eigenvalue weighted by Crippen LogP contribution is 2.08. The second-order valence-electron chi connectivity index (χ2n) is 3.66. The van der Waals surface area contributed by atoms with E-state index in [1.807, 2.05) is 0 Å². The van der Waals surface area contributed by atoms with Gasteiger partial charge in [-0.15, -0.1) is 0 Å². The van der Waals surface area contributed by atoms with E-state index in [9.17, 15) is 4.79 Å². The van der Waals surface area contributed by atoms with Crippen LogP contribution in [0.25, 0.3) is 0 Å². The molecule has 1 saturated heterocycles. The van der Waals surface area contributed by atoms with Crippen LogP contribution in [0.5, 0.6) is 0 Å². The van der Waals surface area contributed by atoms with Crippen LogP contribution in [0.4, 0.5) is 5.69 Å². The molecule has 1 fully saturated rings. The number of rotatable bonds is 2. The van der Waals surface area contributed by atoms with Crippen molar-refractivity contribution in [2.45, 2.75) is 12.5 Å². The van der Waals surface area contributed by atoms with Crippen LogP contribution in [0.1, 0.15) is 16.8 Å². The quantitative estimate of drug-likeness (QED) is 0.703. The smallest absolute Gasteiger partial charge is 0.251 e. The average Bonchev–Trinajstić information content (AvgIpc) is 2.70. The molecule has 80 valence electrons. The number of nitrogen functional groups attached to an aromatic ring is 1. The van der Waals surface area contributed by atoms with Crippen molar-refractivity contribution >= 4 is 11.6 Å². The Labute approximate surface area is 88.4 Å². The van der Waals surface area contributed by atoms with Crippen LogP contribution in [0.3, 0.4) is 0 Å². The molecule has 15 heavy (non-hydrogen) atoms. The van der Waals surface area contributed by atoms with Crippen molar-refractivity contribution in [3.63, 3.8) is 0 Å². The lowest BCUT2D eigenvalue weighted by Crippen LogP contribution is -2.34. The van der Waals surface area contributed by atoms with E-state index in [4.69, 9.17) is 10.5 Å². The standard InChI is InChI=1S/C11H14N2O2/c12-9-3-1-2-8(6-9)11(14)13-10-4-5-15-7-10/h1-3,6,10H,4-5,7,12H2,(H,13,14)/t10-/m1/s1. The maximum atomic E-state index is 11.7. The van der Waals surface area contributed by atoms with Crippen LogP contribution in [0.2, 0.25) is 0 Å². The third-order valence-corrected chi connectivity index (χ3v) is 2.41. The van der Waals surface area contributed by atoms with Crippen LogP contribution in [-0.4, -0.2) is 25.2 Å². The third kappa shape index (κ3) is 2.47. The van der Waals surface area contributed by atoms with Gasteiger partial charge in [-0.3, -0.25) is 4.79 Å². The minimum Gasteiger partial charge on any atom is -0.399 e. The number of carbonyl (C=O) groups excluding carboxylic acids is 1. The van der Waals surface area contributed by atoms with E-state index in [0.29, 0.717) is 17.9 Å². The van der Waals surface area contributed by atoms with Crippen molar-refractivity contribution in [1.82, 2.24) is 5.32 Å². The maximum Gasteiger partial charge on any atom is 0.251 e. The number of nitrogens with one attached hydrogen (secondary N) is 1. The van der Waals surface area contributed by atoms with E-state index in [1.54, 1.807) is 24.3 Å². The molecule has 1 atom stereocenters. The number of nitrogens with two attached hydrogens (primary N) is 1. The van der Waals surface area contributed by atoms with Crippen molar-refractivity contribution in [3.05, 3.63) is 29.8 Å². The van der Waals surface area contributed by atoms with Crippen LogP contribution in [0.15, 0.2) is 24.3 Å². The summed E-state index contributed by atoms with van der Waals surface area (Å²) in [6, 6.07) is 7.09. The first-order valence-electron chi connectivity index (χ1n) is 5.00. The fourth-order valence-corrected chi connectivity index (χ4v) is 1.60. The van der Waals surface area contributed by atoms with Crippen LogP contribution >= 0.6 is 0 Å². The van der Waals surface area contributed by atoms with Gasteiger partial charge in [0.25, 0.3) is 5.91 Å². The number of carbonyl (C=O) groups is 1. The number of benzene rings is 1. The van der Waals surface area contributed by atoms with Gasteiger partial charge in [0.2, 0.25) is 0 Å². The molecule has 1 amide bonds. The Morgan fingerprint density at radius 2 is 2.40 bits per heavy atom. The molecule has 1 aromatic carbocycles. The Morgan fingerprint density at radius 3 is 3.07 bits per heavy atom. The number of anilines is 1. The Hall–Kier alpha value is -1.55. The normalized spacial score (nSPS) is 20.1. The molecule has 2 rings (SSSR count). The largest absolute Gasteiger partial charge is 0.399 e. The van der Waals surface area contributed by atoms with Crippen molar-refractivity contribution < 1.29 is 9.53 Å². The second-order valence-corrected chi connectivity index (χ2v) is 3.66. The number of amides is 1. The van der Waals surface area contributed by atoms with Crippen LogP contribution in [0, 0.1) is 0 Å². The predicted molar refractivity (Wildman–Crippen MR) is 57.5 cm³/mol.